The van der Waals surface area contributed by atoms with E-state index in [1.807, 2.05) is 54.6 Å². The molecule has 3 aromatic heterocycles. The maximum absolute atomic E-state index is 15.0. The van der Waals surface area contributed by atoms with Crippen LogP contribution in [-0.4, -0.2) is 30.1 Å². The Morgan fingerprint density at radius 3 is 0.978 bits per heavy atom. The zero-order chi connectivity index (χ0) is 30.9. The van der Waals surface area contributed by atoms with Crippen LogP contribution in [0.15, 0.2) is 109 Å². The van der Waals surface area contributed by atoms with Gasteiger partial charge in [0.2, 0.25) is 0 Å². The smallest absolute Gasteiger partial charge is 0.577 e. The minimum absolute atomic E-state index is 0.158. The van der Waals surface area contributed by atoms with Crippen molar-refractivity contribution in [1.82, 2.24) is 15.0 Å². The van der Waals surface area contributed by atoms with Crippen molar-refractivity contribution in [2.75, 3.05) is 0 Å². The van der Waals surface area contributed by atoms with E-state index in [2.05, 4.69) is 0 Å². The number of halogens is 3. The van der Waals surface area contributed by atoms with Crippen LogP contribution in [0.4, 0.5) is 13.2 Å². The highest BCUT2D eigenvalue weighted by atomic mass is 27.3. The van der Waals surface area contributed by atoms with Crippen molar-refractivity contribution in [3.63, 3.8) is 0 Å². The first-order valence-corrected chi connectivity index (χ1v) is 16.2. The number of pyridine rings is 3. The summed E-state index contributed by atoms with van der Waals surface area (Å²) in [6, 6.07) is 30.0. The predicted molar refractivity (Wildman–Crippen MR) is 162 cm³/mol. The molecule has 10 heteroatoms. The summed E-state index contributed by atoms with van der Waals surface area (Å²) >= 11 is -3.47. The topological polar surface area (TPSA) is 66.4 Å². The van der Waals surface area contributed by atoms with Crippen LogP contribution in [0.5, 0.6) is 17.2 Å². The Balaban J connectivity index is 1.49. The summed E-state index contributed by atoms with van der Waals surface area (Å²) in [4.78, 5) is 15.6. The van der Waals surface area contributed by atoms with E-state index >= 15 is 0 Å². The lowest BCUT2D eigenvalue weighted by Gasteiger charge is -2.30. The standard InChI is InChI=1S/C36H24F3N3O3.Al/c37-19-10-13-22(31(43)16-19)34-25-4-1-5-26(40-25)35(23-14-11-20(38)17-32(23)44)28-7-3-9-30(42-28)36(29-8-2-6-27(34)41-29)24-15-12-21(39)18-33(24)45;/h1-18,34-36,43-45H;/q;+3/p-3. The van der Waals surface area contributed by atoms with Gasteiger partial charge < -0.3 is 11.4 Å². The van der Waals surface area contributed by atoms with Gasteiger partial charge in [0.15, 0.2) is 0 Å². The van der Waals surface area contributed by atoms with Gasteiger partial charge in [-0.15, -0.1) is 0 Å². The maximum Gasteiger partial charge on any atom is 1.20 e. The molecule has 0 radical (unpaired) electrons. The molecule has 0 amide bonds. The van der Waals surface area contributed by atoms with Crippen molar-refractivity contribution in [1.29, 1.82) is 0 Å². The second-order valence-electron chi connectivity index (χ2n) is 11.4. The van der Waals surface area contributed by atoms with E-state index in [4.69, 9.17) is 26.3 Å². The van der Waals surface area contributed by atoms with Gasteiger partial charge in [-0.1, -0.05) is 36.4 Å². The van der Waals surface area contributed by atoms with Gasteiger partial charge in [0.1, 0.15) is 17.5 Å². The van der Waals surface area contributed by atoms with Gasteiger partial charge in [0.25, 0.3) is 0 Å². The van der Waals surface area contributed by atoms with E-state index in [9.17, 15) is 13.2 Å². The number of rotatable bonds is 0. The fourth-order valence-electron chi connectivity index (χ4n) is 6.71. The zero-order valence-electron chi connectivity index (χ0n) is 23.9. The molecule has 6 aromatic rings. The van der Waals surface area contributed by atoms with E-state index in [1.54, 1.807) is 18.2 Å². The maximum atomic E-state index is 15.0. The van der Waals surface area contributed by atoms with Crippen molar-refractivity contribution in [2.45, 2.75) is 17.8 Å². The molecule has 10 rings (SSSR count). The summed E-state index contributed by atoms with van der Waals surface area (Å²) in [6.07, 6.45) is 0. The van der Waals surface area contributed by atoms with Crippen molar-refractivity contribution < 1.29 is 24.5 Å². The average Bonchev–Trinajstić information content (AvgIpc) is 3.04. The van der Waals surface area contributed by atoms with Crippen molar-refractivity contribution >= 4 is 15.1 Å². The Morgan fingerprint density at radius 2 is 0.696 bits per heavy atom. The number of nitrogens with zero attached hydrogens (tertiary/aromatic N) is 3. The SMILES string of the molecule is Fc1ccc2c(c1)[O][Al]1[O]c3cc(F)ccc3C3c4cccc(n4)C2c2cccc(n2)C(c2cccc3n2)c2ccc(F)cc2[O]1. The highest BCUT2D eigenvalue weighted by Gasteiger charge is 2.48. The molecule has 10 bridgehead atoms. The summed E-state index contributed by atoms with van der Waals surface area (Å²) in [5.41, 5.74) is 5.68. The van der Waals surface area contributed by atoms with Crippen LogP contribution in [0.2, 0.25) is 0 Å². The van der Waals surface area contributed by atoms with Gasteiger partial charge in [0, 0.05) is 34.9 Å². The molecule has 0 aliphatic carbocycles. The Bertz CT molecular complexity index is 1900. The molecule has 6 nitrogen and oxygen atoms in total. The lowest BCUT2D eigenvalue weighted by Crippen LogP contribution is -2.38. The lowest BCUT2D eigenvalue weighted by molar-refractivity contribution is 0.300. The second kappa shape index (κ2) is 10.4. The highest BCUT2D eigenvalue weighted by Crippen LogP contribution is 2.45. The molecule has 7 heterocycles. The second-order valence-corrected chi connectivity index (χ2v) is 12.7. The monoisotopic (exact) mass is 627 g/mol. The fraction of sp³-hybridized carbons (Fsp3) is 0.0833. The summed E-state index contributed by atoms with van der Waals surface area (Å²) in [6.45, 7) is 0. The molecule has 222 valence electrons. The Morgan fingerprint density at radius 1 is 0.413 bits per heavy atom. The van der Waals surface area contributed by atoms with Crippen LogP contribution in [0.1, 0.15) is 68.6 Å². The first-order chi connectivity index (χ1) is 22.5. The Hall–Kier alpha value is -5.17. The zero-order valence-corrected chi connectivity index (χ0v) is 25.1. The molecule has 0 N–H and O–H groups in total. The van der Waals surface area contributed by atoms with Crippen LogP contribution in [-0.2, 0) is 0 Å². The Kier molecular flexibility index (Phi) is 6.17. The highest BCUT2D eigenvalue weighted by molar-refractivity contribution is 6.39. The molecule has 0 fully saturated rings. The van der Waals surface area contributed by atoms with Crippen molar-refractivity contribution in [2.24, 2.45) is 0 Å². The van der Waals surface area contributed by atoms with E-state index in [-0.39, 0.29) is 17.2 Å². The molecule has 0 saturated carbocycles. The first kappa shape index (κ1) is 27.2. The van der Waals surface area contributed by atoms with Crippen molar-refractivity contribution in [3.8, 4) is 17.2 Å². The summed E-state index contributed by atoms with van der Waals surface area (Å²) in [7, 11) is 0. The van der Waals surface area contributed by atoms with Gasteiger partial charge in [-0.05, 0) is 54.6 Å². The third-order valence-electron chi connectivity index (χ3n) is 8.68. The molecule has 0 spiro atoms. The number of benzene rings is 3. The van der Waals surface area contributed by atoms with E-state index < -0.39 is 50.4 Å². The van der Waals surface area contributed by atoms with E-state index in [0.717, 1.165) is 0 Å². The normalized spacial score (nSPS) is 18.6. The first-order valence-electron chi connectivity index (χ1n) is 14.8. The number of hydrogen-bond acceptors (Lipinski definition) is 6. The molecule has 3 aromatic carbocycles. The molecule has 4 aliphatic heterocycles. The van der Waals surface area contributed by atoms with Crippen LogP contribution in [0.25, 0.3) is 0 Å². The van der Waals surface area contributed by atoms with E-state index in [1.165, 1.54) is 36.4 Å². The summed E-state index contributed by atoms with van der Waals surface area (Å²) < 4.78 is 64.4. The number of hydrogen-bond donors (Lipinski definition) is 0. The third-order valence-corrected chi connectivity index (χ3v) is 10.0. The summed E-state index contributed by atoms with van der Waals surface area (Å²) in [5, 5.41) is 0. The minimum Gasteiger partial charge on any atom is -0.577 e. The van der Waals surface area contributed by atoms with E-state index in [0.29, 0.717) is 50.9 Å². The van der Waals surface area contributed by atoms with Crippen LogP contribution < -0.4 is 11.4 Å². The lowest BCUT2D eigenvalue weighted by atomic mass is 9.85. The van der Waals surface area contributed by atoms with Gasteiger partial charge in [0.05, 0.1) is 69.2 Å². The van der Waals surface area contributed by atoms with Gasteiger partial charge >= 0.3 is 15.1 Å². The molecule has 0 unspecified atom stereocenters. The molecule has 46 heavy (non-hydrogen) atoms. The quantitative estimate of drug-likeness (QED) is 0.165. The van der Waals surface area contributed by atoms with Gasteiger partial charge in [-0.3, -0.25) is 15.0 Å². The van der Waals surface area contributed by atoms with Crippen LogP contribution in [0, 0.1) is 17.5 Å². The van der Waals surface area contributed by atoms with Gasteiger partial charge in [-0.2, -0.15) is 0 Å². The predicted octanol–water partition coefficient (Wildman–Crippen LogP) is 7.29. The summed E-state index contributed by atoms with van der Waals surface area (Å²) in [5.74, 6) is -2.86. The molecule has 0 atom stereocenters. The molecular formula is C36H21AlF3N3O3. The third kappa shape index (κ3) is 4.44. The van der Waals surface area contributed by atoms with Crippen LogP contribution >= 0.6 is 0 Å². The Labute approximate surface area is 266 Å². The largest absolute Gasteiger partial charge is 1.20 e. The van der Waals surface area contributed by atoms with Crippen molar-refractivity contribution in [3.05, 3.63) is 178 Å². The fourth-order valence-corrected chi connectivity index (χ4v) is 8.09. The minimum atomic E-state index is -3.47. The number of aromatic nitrogens is 3. The molecule has 4 aliphatic rings. The average molecular weight is 628 g/mol. The molecular weight excluding hydrogens is 606 g/mol. The molecule has 0 saturated heterocycles. The van der Waals surface area contributed by atoms with Crippen LogP contribution in [0.3, 0.4) is 0 Å². The van der Waals surface area contributed by atoms with Gasteiger partial charge in [-0.25, -0.2) is 13.2 Å².